The number of carbonyl (C=O) groups is 1. The maximum Gasteiger partial charge on any atom is 0.240 e. The van der Waals surface area contributed by atoms with Crippen LogP contribution in [-0.4, -0.2) is 83.7 Å². The van der Waals surface area contributed by atoms with Crippen molar-refractivity contribution in [2.75, 3.05) is 39.3 Å². The molecule has 2 aliphatic carbocycles. The van der Waals surface area contributed by atoms with Gasteiger partial charge in [0, 0.05) is 37.4 Å². The van der Waals surface area contributed by atoms with Crippen LogP contribution in [0.5, 0.6) is 0 Å². The molecule has 4 fully saturated rings. The largest absolute Gasteiger partial charge is 0.396 e. The highest BCUT2D eigenvalue weighted by molar-refractivity contribution is 5.82. The van der Waals surface area contributed by atoms with Gasteiger partial charge in [0.15, 0.2) is 0 Å². The fraction of sp³-hybridized carbons (Fsp3) is 0.897. The molecule has 1 amide bonds. The third kappa shape index (κ3) is 7.45. The molecule has 3 N–H and O–H groups in total. The number of hydrogen-bond donors (Lipinski definition) is 3. The molecule has 36 heavy (non-hydrogen) atoms. The Hall–Kier alpha value is -1.17. The van der Waals surface area contributed by atoms with Crippen LogP contribution in [0.25, 0.3) is 0 Å². The van der Waals surface area contributed by atoms with Gasteiger partial charge in [0.25, 0.3) is 0 Å². The molecule has 4 atom stereocenters. The summed E-state index contributed by atoms with van der Waals surface area (Å²) in [5.74, 6) is 9.04. The second-order valence-corrected chi connectivity index (χ2v) is 12.0. The summed E-state index contributed by atoms with van der Waals surface area (Å²) >= 11 is 0. The number of likely N-dealkylation sites (tertiary alicyclic amines) is 1. The van der Waals surface area contributed by atoms with Gasteiger partial charge in [-0.2, -0.15) is 5.06 Å². The highest BCUT2D eigenvalue weighted by Crippen LogP contribution is 2.35. The van der Waals surface area contributed by atoms with Crippen molar-refractivity contribution < 1.29 is 19.8 Å². The fourth-order valence-corrected chi connectivity index (χ4v) is 6.66. The minimum Gasteiger partial charge on any atom is -0.396 e. The molecule has 4 rings (SSSR count). The van der Waals surface area contributed by atoms with Crippen LogP contribution in [0.1, 0.15) is 78.1 Å². The topological polar surface area (TPSA) is 85.3 Å². The first-order valence-electron chi connectivity index (χ1n) is 14.7. The Morgan fingerprint density at radius 2 is 1.64 bits per heavy atom. The molecule has 0 radical (unpaired) electrons. The molecule has 7 heteroatoms. The first kappa shape index (κ1) is 27.9. The number of carbonyl (C=O) groups excluding carboxylic acids is 1. The van der Waals surface area contributed by atoms with Crippen LogP contribution >= 0.6 is 0 Å². The molecule has 7 nitrogen and oxygen atoms in total. The van der Waals surface area contributed by atoms with Crippen molar-refractivity contribution in [3.63, 3.8) is 0 Å². The Bertz CT molecular complexity index is 743. The first-order chi connectivity index (χ1) is 17.4. The molecule has 0 aromatic carbocycles. The number of hydrogen-bond acceptors (Lipinski definition) is 6. The predicted molar refractivity (Wildman–Crippen MR) is 141 cm³/mol. The van der Waals surface area contributed by atoms with Gasteiger partial charge in [-0.05, 0) is 96.1 Å². The van der Waals surface area contributed by atoms with Crippen LogP contribution in [-0.2, 0) is 9.63 Å². The summed E-state index contributed by atoms with van der Waals surface area (Å²) in [6.45, 7) is 8.16. The van der Waals surface area contributed by atoms with Gasteiger partial charge in [0.1, 0.15) is 12.1 Å². The van der Waals surface area contributed by atoms with Crippen LogP contribution in [0, 0.1) is 41.4 Å². The Morgan fingerprint density at radius 3 is 2.22 bits per heavy atom. The van der Waals surface area contributed by atoms with E-state index in [9.17, 15) is 15.0 Å². The van der Waals surface area contributed by atoms with E-state index in [-0.39, 0.29) is 12.5 Å². The number of amides is 1. The lowest BCUT2D eigenvalue weighted by atomic mass is 9.80. The van der Waals surface area contributed by atoms with Crippen LogP contribution in [0.3, 0.4) is 0 Å². The fourth-order valence-electron chi connectivity index (χ4n) is 6.66. The van der Waals surface area contributed by atoms with Gasteiger partial charge in [0.2, 0.25) is 5.91 Å². The quantitative estimate of drug-likeness (QED) is 0.442. The van der Waals surface area contributed by atoms with Gasteiger partial charge in [-0.15, -0.1) is 0 Å². The SMILES string of the molecule is CC1CCC(C#CC2CCC(CN3O[C@H]([C@@H](C)O)[C@H](CO)[C@@H]3C(=O)NCCN3CCCC3)CC2)CC1. The van der Waals surface area contributed by atoms with Gasteiger partial charge in [0.05, 0.1) is 12.7 Å². The van der Waals surface area contributed by atoms with Crippen molar-refractivity contribution in [2.45, 2.75) is 96.3 Å². The molecule has 0 unspecified atom stereocenters. The molecule has 0 bridgehead atoms. The number of aliphatic hydroxyl groups excluding tert-OH is 2. The Kier molecular flexibility index (Phi) is 10.5. The summed E-state index contributed by atoms with van der Waals surface area (Å²) in [6.07, 6.45) is 10.7. The zero-order valence-electron chi connectivity index (χ0n) is 22.5. The van der Waals surface area contributed by atoms with Crippen LogP contribution in [0.15, 0.2) is 0 Å². The number of nitrogens with zero attached hydrogens (tertiary/aromatic N) is 2. The Balaban J connectivity index is 1.29. The third-order valence-electron chi connectivity index (χ3n) is 9.07. The van der Waals surface area contributed by atoms with E-state index >= 15 is 0 Å². The molecule has 204 valence electrons. The zero-order valence-corrected chi connectivity index (χ0v) is 22.5. The van der Waals surface area contributed by atoms with Crippen LogP contribution in [0.4, 0.5) is 0 Å². The van der Waals surface area contributed by atoms with Crippen LogP contribution < -0.4 is 5.32 Å². The monoisotopic (exact) mass is 503 g/mol. The second kappa shape index (κ2) is 13.6. The van der Waals surface area contributed by atoms with E-state index in [4.69, 9.17) is 4.84 Å². The molecule has 0 spiro atoms. The average molecular weight is 504 g/mol. The Morgan fingerprint density at radius 1 is 1.03 bits per heavy atom. The normalized spacial score (nSPS) is 36.8. The maximum atomic E-state index is 13.3. The average Bonchev–Trinajstić information content (AvgIpc) is 3.52. The molecule has 4 aliphatic rings. The second-order valence-electron chi connectivity index (χ2n) is 12.0. The van der Waals surface area contributed by atoms with Gasteiger partial charge in [-0.25, -0.2) is 0 Å². The van der Waals surface area contributed by atoms with Crippen molar-refractivity contribution in [1.82, 2.24) is 15.3 Å². The summed E-state index contributed by atoms with van der Waals surface area (Å²) in [5.41, 5.74) is 0. The van der Waals surface area contributed by atoms with E-state index in [1.165, 1.54) is 38.5 Å². The minimum absolute atomic E-state index is 0.0993. The number of nitrogens with one attached hydrogen (secondary N) is 1. The Labute approximate surface area is 218 Å². The third-order valence-corrected chi connectivity index (χ3v) is 9.07. The highest BCUT2D eigenvalue weighted by atomic mass is 16.7. The summed E-state index contributed by atoms with van der Waals surface area (Å²) in [4.78, 5) is 21.8. The van der Waals surface area contributed by atoms with E-state index in [2.05, 4.69) is 29.0 Å². The van der Waals surface area contributed by atoms with E-state index in [1.807, 2.05) is 0 Å². The minimum atomic E-state index is -0.749. The van der Waals surface area contributed by atoms with E-state index in [0.717, 1.165) is 51.2 Å². The highest BCUT2D eigenvalue weighted by Gasteiger charge is 2.49. The molecule has 0 aromatic rings. The summed E-state index contributed by atoms with van der Waals surface area (Å²) in [5, 5.41) is 25.3. The first-order valence-corrected chi connectivity index (χ1v) is 14.7. The van der Waals surface area contributed by atoms with E-state index < -0.39 is 24.2 Å². The van der Waals surface area contributed by atoms with Gasteiger partial charge in [-0.1, -0.05) is 18.8 Å². The number of aliphatic hydroxyl groups is 2. The van der Waals surface area contributed by atoms with Crippen molar-refractivity contribution in [2.24, 2.45) is 29.6 Å². The molecule has 0 aromatic heterocycles. The lowest BCUT2D eigenvalue weighted by Crippen LogP contribution is -2.50. The van der Waals surface area contributed by atoms with E-state index in [0.29, 0.717) is 30.8 Å². The molecular weight excluding hydrogens is 454 g/mol. The smallest absolute Gasteiger partial charge is 0.240 e. The van der Waals surface area contributed by atoms with Crippen molar-refractivity contribution in [3.05, 3.63) is 0 Å². The summed E-state index contributed by atoms with van der Waals surface area (Å²) in [6, 6.07) is -0.570. The number of rotatable bonds is 8. The van der Waals surface area contributed by atoms with Crippen molar-refractivity contribution >= 4 is 5.91 Å². The summed E-state index contributed by atoms with van der Waals surface area (Å²) in [7, 11) is 0. The van der Waals surface area contributed by atoms with Crippen molar-refractivity contribution in [3.8, 4) is 11.8 Å². The van der Waals surface area contributed by atoms with Crippen LogP contribution in [0.2, 0.25) is 0 Å². The van der Waals surface area contributed by atoms with E-state index in [1.54, 1.807) is 12.0 Å². The molecule has 2 heterocycles. The lowest BCUT2D eigenvalue weighted by Gasteiger charge is -2.31. The molecule has 2 saturated heterocycles. The molecular formula is C29H49N3O4. The van der Waals surface area contributed by atoms with Gasteiger partial charge >= 0.3 is 0 Å². The lowest BCUT2D eigenvalue weighted by molar-refractivity contribution is -0.193. The molecule has 2 saturated carbocycles. The zero-order chi connectivity index (χ0) is 25.5. The molecule has 2 aliphatic heterocycles. The van der Waals surface area contributed by atoms with Crippen molar-refractivity contribution in [1.29, 1.82) is 0 Å². The predicted octanol–water partition coefficient (Wildman–Crippen LogP) is 2.81. The standard InChI is InChI=1S/C29H49N3O4/c1-21-5-7-23(8-6-21)9-10-24-11-13-25(14-12-24)19-32-27(26(20-33)28(36-32)22(2)34)29(35)30-15-18-31-16-3-4-17-31/h21-28,33-34H,3-8,11-20H2,1-2H3,(H,30,35)/t21?,22-,23?,24?,25?,26-,27-,28-/m1/s1. The number of hydroxylamine groups is 2. The van der Waals surface area contributed by atoms with Gasteiger partial charge < -0.3 is 20.4 Å². The maximum absolute atomic E-state index is 13.3. The summed E-state index contributed by atoms with van der Waals surface area (Å²) < 4.78 is 0. The van der Waals surface area contributed by atoms with Gasteiger partial charge in [-0.3, -0.25) is 9.63 Å².